The van der Waals surface area contributed by atoms with Crippen molar-refractivity contribution in [3.63, 3.8) is 0 Å². The van der Waals surface area contributed by atoms with Gasteiger partial charge in [0.1, 0.15) is 11.8 Å². The maximum Gasteiger partial charge on any atom is 0.295 e. The van der Waals surface area contributed by atoms with Crippen LogP contribution in [0.15, 0.2) is 114 Å². The Morgan fingerprint density at radius 2 is 1.42 bits per heavy atom. The Morgan fingerprint density at radius 1 is 0.812 bits per heavy atom. The molecule has 2 aliphatic heterocycles. The summed E-state index contributed by atoms with van der Waals surface area (Å²) in [5, 5.41) is 12.7. The summed E-state index contributed by atoms with van der Waals surface area (Å²) in [6.07, 6.45) is 4.48. The molecule has 2 N–H and O–H groups in total. The van der Waals surface area contributed by atoms with Gasteiger partial charge < -0.3 is 25.1 Å². The van der Waals surface area contributed by atoms with E-state index in [9.17, 15) is 23.1 Å². The molecule has 2 saturated heterocycles. The molecule has 1 atom stereocenters. The Labute approximate surface area is 281 Å². The molecule has 11 heteroatoms. The monoisotopic (exact) mass is 668 g/mol. The fraction of sp³-hybridized carbons (Fsp3) is 0.297. The second-order valence-corrected chi connectivity index (χ2v) is 13.9. The van der Waals surface area contributed by atoms with Crippen molar-refractivity contribution in [2.45, 2.75) is 49.1 Å². The molecule has 48 heavy (non-hydrogen) atoms. The van der Waals surface area contributed by atoms with Crippen molar-refractivity contribution in [3.05, 3.63) is 120 Å². The molecule has 10 nitrogen and oxygen atoms in total. The molecule has 0 spiro atoms. The first-order chi connectivity index (χ1) is 23.3. The Kier molecular flexibility index (Phi) is 10.3. The molecule has 6 rings (SSSR count). The zero-order chi connectivity index (χ0) is 33.5. The van der Waals surface area contributed by atoms with Crippen LogP contribution in [0.1, 0.15) is 41.6 Å². The van der Waals surface area contributed by atoms with E-state index >= 15 is 0 Å². The first-order valence-electron chi connectivity index (χ1n) is 16.3. The second-order valence-electron chi connectivity index (χ2n) is 12.2. The van der Waals surface area contributed by atoms with Crippen molar-refractivity contribution in [1.29, 1.82) is 0 Å². The van der Waals surface area contributed by atoms with Gasteiger partial charge in [0.25, 0.3) is 15.9 Å². The van der Waals surface area contributed by atoms with E-state index in [2.05, 4.69) is 10.2 Å². The van der Waals surface area contributed by atoms with E-state index in [0.29, 0.717) is 30.6 Å². The lowest BCUT2D eigenvalue weighted by molar-refractivity contribution is -0.134. The highest BCUT2D eigenvalue weighted by Gasteiger charge is 2.33. The predicted molar refractivity (Wildman–Crippen MR) is 183 cm³/mol. The molecule has 4 aromatic carbocycles. The van der Waals surface area contributed by atoms with Gasteiger partial charge in [0.15, 0.2) is 5.75 Å². The molecule has 0 bridgehead atoms. The number of piperidine rings is 1. The maximum atomic E-state index is 13.9. The number of nitrogens with zero attached hydrogens (tertiary/aromatic N) is 3. The zero-order valence-corrected chi connectivity index (χ0v) is 27.5. The lowest BCUT2D eigenvalue weighted by Gasteiger charge is -2.38. The Hall–Kier alpha value is -4.87. The number of para-hydroxylation sites is 2. The lowest BCUT2D eigenvalue weighted by atomic mass is 10.00. The fourth-order valence-electron chi connectivity index (χ4n) is 6.33. The molecule has 0 aliphatic carbocycles. The Balaban J connectivity index is 1.18. The van der Waals surface area contributed by atoms with E-state index in [1.165, 1.54) is 37.1 Å². The number of anilines is 1. The second kappa shape index (κ2) is 14.9. The van der Waals surface area contributed by atoms with E-state index in [0.717, 1.165) is 36.0 Å². The van der Waals surface area contributed by atoms with E-state index in [1.54, 1.807) is 84.9 Å². The van der Waals surface area contributed by atoms with Crippen LogP contribution in [0.4, 0.5) is 5.69 Å². The molecular weight excluding hydrogens is 628 g/mol. The number of phenols is 1. The molecule has 250 valence electrons. The van der Waals surface area contributed by atoms with Gasteiger partial charge in [0, 0.05) is 31.1 Å². The molecule has 2 fully saturated rings. The normalized spacial score (nSPS) is 16.3. The van der Waals surface area contributed by atoms with Gasteiger partial charge in [-0.25, -0.2) is 0 Å². The standard InChI is InChI=1S/C37H40N4O6S/c42-32-17-13-28(14-18-32)27-35(37(44)40-25-21-30(22-26-40)39-23-7-8-24-39)38-36(43)29-15-19-34(20-16-29)48(45,46)41(31-9-3-1-4-10-31)47-33-11-5-2-6-12-33/h1-6,9-20,30,35,42H,7-8,21-27H2,(H,38,43). The molecule has 2 heterocycles. The van der Waals surface area contributed by atoms with Crippen LogP contribution in [0.5, 0.6) is 11.5 Å². The van der Waals surface area contributed by atoms with Gasteiger partial charge in [-0.15, -0.1) is 0 Å². The summed E-state index contributed by atoms with van der Waals surface area (Å²) in [5.41, 5.74) is 1.31. The van der Waals surface area contributed by atoms with Crippen molar-refractivity contribution in [3.8, 4) is 11.5 Å². The Bertz CT molecular complexity index is 1770. The summed E-state index contributed by atoms with van der Waals surface area (Å²) in [5.74, 6) is -0.203. The van der Waals surface area contributed by atoms with Crippen LogP contribution < -0.4 is 14.6 Å². The molecule has 1 unspecified atom stereocenters. The highest BCUT2D eigenvalue weighted by Crippen LogP contribution is 2.27. The topological polar surface area (TPSA) is 119 Å². The summed E-state index contributed by atoms with van der Waals surface area (Å²) >= 11 is 0. The van der Waals surface area contributed by atoms with Gasteiger partial charge >= 0.3 is 0 Å². The molecule has 4 aromatic rings. The summed E-state index contributed by atoms with van der Waals surface area (Å²) in [6, 6.07) is 28.8. The molecule has 2 amide bonds. The molecule has 0 aromatic heterocycles. The Morgan fingerprint density at radius 3 is 2.04 bits per heavy atom. The number of amides is 2. The average molecular weight is 669 g/mol. The third-order valence-corrected chi connectivity index (χ3v) is 10.5. The first kappa shape index (κ1) is 33.0. The van der Waals surface area contributed by atoms with Crippen molar-refractivity contribution < 1.29 is 28.0 Å². The highest BCUT2D eigenvalue weighted by molar-refractivity contribution is 7.92. The van der Waals surface area contributed by atoms with Gasteiger partial charge in [0.05, 0.1) is 10.6 Å². The average Bonchev–Trinajstić information content (AvgIpc) is 3.67. The number of sulfonamides is 1. The van der Waals surface area contributed by atoms with Crippen molar-refractivity contribution in [1.82, 2.24) is 15.1 Å². The summed E-state index contributed by atoms with van der Waals surface area (Å²) in [6.45, 7) is 3.47. The number of phenolic OH excluding ortho intramolecular Hbond substituents is 1. The number of aromatic hydroxyl groups is 1. The largest absolute Gasteiger partial charge is 0.508 e. The van der Waals surface area contributed by atoms with Crippen LogP contribution in [0.25, 0.3) is 0 Å². The van der Waals surface area contributed by atoms with Crippen LogP contribution in [-0.4, -0.2) is 73.4 Å². The number of hydrogen-bond donors (Lipinski definition) is 2. The number of carbonyl (C=O) groups excluding carboxylic acids is 2. The number of rotatable bonds is 11. The van der Waals surface area contributed by atoms with Crippen LogP contribution in [-0.2, 0) is 21.2 Å². The fourth-order valence-corrected chi connectivity index (χ4v) is 7.58. The number of likely N-dealkylation sites (tertiary alicyclic amines) is 2. The van der Waals surface area contributed by atoms with Gasteiger partial charge in [0.2, 0.25) is 5.91 Å². The van der Waals surface area contributed by atoms with Gasteiger partial charge in [-0.3, -0.25) is 9.59 Å². The van der Waals surface area contributed by atoms with E-state index < -0.39 is 22.0 Å². The quantitative estimate of drug-likeness (QED) is 0.216. The molecular formula is C37H40N4O6S. The van der Waals surface area contributed by atoms with Gasteiger partial charge in [-0.05, 0) is 105 Å². The summed E-state index contributed by atoms with van der Waals surface area (Å²) < 4.78 is 28.5. The summed E-state index contributed by atoms with van der Waals surface area (Å²) in [7, 11) is -4.21. The van der Waals surface area contributed by atoms with Crippen LogP contribution in [0.2, 0.25) is 0 Å². The van der Waals surface area contributed by atoms with Gasteiger partial charge in [-0.2, -0.15) is 8.42 Å². The molecule has 0 radical (unpaired) electrons. The van der Waals surface area contributed by atoms with Crippen LogP contribution in [0.3, 0.4) is 0 Å². The first-order valence-corrected chi connectivity index (χ1v) is 17.8. The minimum atomic E-state index is -4.21. The number of nitrogens with one attached hydrogen (secondary N) is 1. The SMILES string of the molecule is O=C(NC(Cc1ccc(O)cc1)C(=O)N1CCC(N2CCCC2)CC1)c1ccc(S(=O)(=O)N(Oc2ccccc2)c2ccccc2)cc1. The van der Waals surface area contributed by atoms with E-state index in [1.807, 2.05) is 4.90 Å². The van der Waals surface area contributed by atoms with E-state index in [-0.39, 0.29) is 28.5 Å². The number of benzene rings is 4. The van der Waals surface area contributed by atoms with E-state index in [4.69, 9.17) is 4.84 Å². The smallest absolute Gasteiger partial charge is 0.295 e. The minimum Gasteiger partial charge on any atom is -0.508 e. The third-order valence-electron chi connectivity index (χ3n) is 8.94. The highest BCUT2D eigenvalue weighted by atomic mass is 32.2. The number of hydrogen-bond acceptors (Lipinski definition) is 7. The molecule has 2 aliphatic rings. The summed E-state index contributed by atoms with van der Waals surface area (Å²) in [4.78, 5) is 37.5. The van der Waals surface area contributed by atoms with Crippen LogP contribution in [0, 0.1) is 0 Å². The van der Waals surface area contributed by atoms with Crippen molar-refractivity contribution in [2.24, 2.45) is 0 Å². The van der Waals surface area contributed by atoms with Crippen molar-refractivity contribution >= 4 is 27.5 Å². The van der Waals surface area contributed by atoms with Crippen LogP contribution >= 0.6 is 0 Å². The number of carbonyl (C=O) groups is 2. The minimum absolute atomic E-state index is 0.0728. The zero-order valence-electron chi connectivity index (χ0n) is 26.6. The third kappa shape index (κ3) is 7.80. The molecule has 0 saturated carbocycles. The predicted octanol–water partition coefficient (Wildman–Crippen LogP) is 5.01. The maximum absolute atomic E-state index is 13.9. The van der Waals surface area contributed by atoms with Crippen molar-refractivity contribution in [2.75, 3.05) is 30.6 Å². The van der Waals surface area contributed by atoms with Gasteiger partial charge in [-0.1, -0.05) is 53.0 Å². The lowest BCUT2D eigenvalue weighted by Crippen LogP contribution is -2.53.